The second-order valence-electron chi connectivity index (χ2n) is 5.00. The molecule has 0 amide bonds. The van der Waals surface area contributed by atoms with Crippen LogP contribution in [0.5, 0.6) is 0 Å². The van der Waals surface area contributed by atoms with Crippen LogP contribution in [0.25, 0.3) is 0 Å². The molecule has 0 bridgehead atoms. The van der Waals surface area contributed by atoms with Crippen molar-refractivity contribution < 1.29 is 4.39 Å². The third-order valence-electron chi connectivity index (χ3n) is 3.45. The summed E-state index contributed by atoms with van der Waals surface area (Å²) >= 11 is 3.56. The first-order valence-electron chi connectivity index (χ1n) is 6.78. The summed E-state index contributed by atoms with van der Waals surface area (Å²) in [5, 5.41) is 3.45. The van der Waals surface area contributed by atoms with Crippen LogP contribution in [0, 0.1) is 19.7 Å². The topological polar surface area (TPSA) is 12.0 Å². The molecule has 1 nitrogen and oxygen atoms in total. The van der Waals surface area contributed by atoms with Gasteiger partial charge in [-0.05, 0) is 60.8 Å². The normalized spacial score (nSPS) is 12.4. The molecule has 0 saturated carbocycles. The Bertz CT molecular complexity index is 610. The number of benzene rings is 2. The van der Waals surface area contributed by atoms with E-state index in [1.54, 1.807) is 12.1 Å². The highest BCUT2D eigenvalue weighted by Crippen LogP contribution is 2.29. The summed E-state index contributed by atoms with van der Waals surface area (Å²) in [6.07, 6.45) is 0. The van der Waals surface area contributed by atoms with Crippen LogP contribution in [0.15, 0.2) is 40.9 Å². The van der Waals surface area contributed by atoms with E-state index in [1.807, 2.05) is 6.07 Å². The third kappa shape index (κ3) is 3.28. The fourth-order valence-corrected chi connectivity index (χ4v) is 2.87. The van der Waals surface area contributed by atoms with E-state index in [4.69, 9.17) is 0 Å². The number of aryl methyl sites for hydroxylation is 2. The molecule has 0 heterocycles. The minimum Gasteiger partial charge on any atom is -0.307 e. The van der Waals surface area contributed by atoms with Gasteiger partial charge < -0.3 is 5.32 Å². The molecule has 2 rings (SSSR count). The van der Waals surface area contributed by atoms with Crippen LogP contribution < -0.4 is 5.32 Å². The van der Waals surface area contributed by atoms with Gasteiger partial charge in [-0.15, -0.1) is 0 Å². The summed E-state index contributed by atoms with van der Waals surface area (Å²) in [7, 11) is 0. The van der Waals surface area contributed by atoms with Gasteiger partial charge in [0.25, 0.3) is 0 Å². The maximum absolute atomic E-state index is 13.5. The SMILES string of the molecule is CCNC(c1cccc(F)c1)c1cc(C)c(Br)cc1C. The van der Waals surface area contributed by atoms with Gasteiger partial charge in [0.05, 0.1) is 6.04 Å². The Kier molecular flexibility index (Phi) is 4.95. The summed E-state index contributed by atoms with van der Waals surface area (Å²) in [6, 6.07) is 11.1. The Balaban J connectivity index is 2.51. The first-order chi connectivity index (χ1) is 9.52. The fourth-order valence-electron chi connectivity index (χ4n) is 2.41. The maximum Gasteiger partial charge on any atom is 0.123 e. The largest absolute Gasteiger partial charge is 0.307 e. The molecular formula is C17H19BrFN. The summed E-state index contributed by atoms with van der Waals surface area (Å²) in [4.78, 5) is 0. The third-order valence-corrected chi connectivity index (χ3v) is 4.30. The monoisotopic (exact) mass is 335 g/mol. The van der Waals surface area contributed by atoms with E-state index >= 15 is 0 Å². The molecule has 106 valence electrons. The van der Waals surface area contributed by atoms with Gasteiger partial charge in [-0.2, -0.15) is 0 Å². The van der Waals surface area contributed by atoms with Crippen LogP contribution in [-0.4, -0.2) is 6.54 Å². The van der Waals surface area contributed by atoms with Crippen molar-refractivity contribution in [3.05, 3.63) is 68.9 Å². The van der Waals surface area contributed by atoms with E-state index in [0.717, 1.165) is 16.6 Å². The Labute approximate surface area is 128 Å². The second-order valence-corrected chi connectivity index (χ2v) is 5.86. The Morgan fingerprint density at radius 1 is 1.15 bits per heavy atom. The minimum absolute atomic E-state index is 0.0162. The van der Waals surface area contributed by atoms with Crippen molar-refractivity contribution in [2.24, 2.45) is 0 Å². The number of rotatable bonds is 4. The van der Waals surface area contributed by atoms with Crippen LogP contribution in [0.4, 0.5) is 4.39 Å². The zero-order chi connectivity index (χ0) is 14.7. The molecule has 0 radical (unpaired) electrons. The van der Waals surface area contributed by atoms with Gasteiger partial charge in [0.1, 0.15) is 5.82 Å². The smallest absolute Gasteiger partial charge is 0.123 e. The lowest BCUT2D eigenvalue weighted by Crippen LogP contribution is -2.23. The molecule has 3 heteroatoms. The summed E-state index contributed by atoms with van der Waals surface area (Å²) in [5.74, 6) is -0.197. The van der Waals surface area contributed by atoms with E-state index in [2.05, 4.69) is 54.2 Å². The molecule has 1 N–H and O–H groups in total. The van der Waals surface area contributed by atoms with Gasteiger partial charge >= 0.3 is 0 Å². The van der Waals surface area contributed by atoms with E-state index in [1.165, 1.54) is 22.8 Å². The molecule has 1 atom stereocenters. The number of hydrogen-bond donors (Lipinski definition) is 1. The highest BCUT2D eigenvalue weighted by molar-refractivity contribution is 9.10. The van der Waals surface area contributed by atoms with Gasteiger partial charge in [0.15, 0.2) is 0 Å². The first-order valence-corrected chi connectivity index (χ1v) is 7.57. The van der Waals surface area contributed by atoms with Crippen LogP contribution >= 0.6 is 15.9 Å². The average molecular weight is 336 g/mol. The van der Waals surface area contributed by atoms with Gasteiger partial charge in [0, 0.05) is 4.47 Å². The lowest BCUT2D eigenvalue weighted by molar-refractivity contribution is 0.601. The van der Waals surface area contributed by atoms with Crippen molar-refractivity contribution in [2.45, 2.75) is 26.8 Å². The van der Waals surface area contributed by atoms with Crippen LogP contribution in [0.1, 0.15) is 35.2 Å². The van der Waals surface area contributed by atoms with Crippen LogP contribution in [0.2, 0.25) is 0 Å². The standard InChI is InChI=1S/C17H19BrFN/c1-4-20-17(13-6-5-7-14(19)10-13)15-8-12(3)16(18)9-11(15)2/h5-10,17,20H,4H2,1-3H3. The predicted molar refractivity (Wildman–Crippen MR) is 85.5 cm³/mol. The molecular weight excluding hydrogens is 317 g/mol. The van der Waals surface area contributed by atoms with Crippen molar-refractivity contribution >= 4 is 15.9 Å². The van der Waals surface area contributed by atoms with E-state index in [9.17, 15) is 4.39 Å². The number of nitrogens with one attached hydrogen (secondary N) is 1. The van der Waals surface area contributed by atoms with Crippen molar-refractivity contribution in [1.29, 1.82) is 0 Å². The molecule has 0 aliphatic heterocycles. The highest BCUT2D eigenvalue weighted by atomic mass is 79.9. The van der Waals surface area contributed by atoms with Crippen molar-refractivity contribution in [2.75, 3.05) is 6.54 Å². The van der Waals surface area contributed by atoms with Crippen molar-refractivity contribution in [3.63, 3.8) is 0 Å². The Morgan fingerprint density at radius 2 is 1.90 bits per heavy atom. The van der Waals surface area contributed by atoms with Gasteiger partial charge in [-0.25, -0.2) is 4.39 Å². The minimum atomic E-state index is -0.197. The number of hydrogen-bond acceptors (Lipinski definition) is 1. The summed E-state index contributed by atoms with van der Waals surface area (Å²) < 4.78 is 14.6. The average Bonchev–Trinajstić information content (AvgIpc) is 2.40. The Morgan fingerprint density at radius 3 is 2.55 bits per heavy atom. The quantitative estimate of drug-likeness (QED) is 0.837. The molecule has 0 spiro atoms. The van der Waals surface area contributed by atoms with E-state index in [0.29, 0.717) is 0 Å². The zero-order valence-electron chi connectivity index (χ0n) is 12.0. The Hall–Kier alpha value is -1.19. The van der Waals surface area contributed by atoms with Gasteiger partial charge in [-0.3, -0.25) is 0 Å². The lowest BCUT2D eigenvalue weighted by atomic mass is 9.93. The fraction of sp³-hybridized carbons (Fsp3) is 0.294. The first kappa shape index (κ1) is 15.2. The maximum atomic E-state index is 13.5. The molecule has 2 aromatic carbocycles. The highest BCUT2D eigenvalue weighted by Gasteiger charge is 2.16. The van der Waals surface area contributed by atoms with Crippen LogP contribution in [-0.2, 0) is 0 Å². The lowest BCUT2D eigenvalue weighted by Gasteiger charge is -2.22. The molecule has 20 heavy (non-hydrogen) atoms. The molecule has 1 unspecified atom stereocenters. The zero-order valence-corrected chi connectivity index (χ0v) is 13.6. The molecule has 0 aromatic heterocycles. The molecule has 0 saturated heterocycles. The molecule has 0 aliphatic carbocycles. The van der Waals surface area contributed by atoms with E-state index < -0.39 is 0 Å². The predicted octanol–water partition coefficient (Wildman–Crippen LogP) is 4.90. The summed E-state index contributed by atoms with van der Waals surface area (Å²) in [6.45, 7) is 7.05. The molecule has 0 fully saturated rings. The van der Waals surface area contributed by atoms with Gasteiger partial charge in [0.2, 0.25) is 0 Å². The summed E-state index contributed by atoms with van der Waals surface area (Å²) in [5.41, 5.74) is 4.53. The second kappa shape index (κ2) is 6.51. The van der Waals surface area contributed by atoms with Crippen LogP contribution in [0.3, 0.4) is 0 Å². The van der Waals surface area contributed by atoms with E-state index in [-0.39, 0.29) is 11.9 Å². The molecule has 2 aromatic rings. The number of halogens is 2. The van der Waals surface area contributed by atoms with Crippen molar-refractivity contribution in [3.8, 4) is 0 Å². The van der Waals surface area contributed by atoms with Crippen molar-refractivity contribution in [1.82, 2.24) is 5.32 Å². The van der Waals surface area contributed by atoms with Gasteiger partial charge in [-0.1, -0.05) is 41.1 Å². The molecule has 0 aliphatic rings.